The van der Waals surface area contributed by atoms with Crippen LogP contribution < -0.4 is 5.32 Å². The number of hydrogen-bond donors (Lipinski definition) is 1. The Labute approximate surface area is 65.1 Å². The minimum atomic E-state index is 0. The molecule has 0 aliphatic carbocycles. The Hall–Kier alpha value is -1.14. The third-order valence-corrected chi connectivity index (χ3v) is 0.863. The standard InChI is InChI=1S/C6H6N2O.ClH/c7-3-4-8-6-2-1-5-9-6;/h1-2,5,8H,4H2;1H. The van der Waals surface area contributed by atoms with E-state index < -0.39 is 0 Å². The number of furan rings is 1. The van der Waals surface area contributed by atoms with Crippen LogP contribution >= 0.6 is 12.4 Å². The second-order valence-corrected chi connectivity index (χ2v) is 1.49. The predicted octanol–water partition coefficient (Wildman–Crippen LogP) is 1.64. The summed E-state index contributed by atoms with van der Waals surface area (Å²) in [5, 5.41) is 10.9. The molecule has 54 valence electrons. The zero-order chi connectivity index (χ0) is 6.53. The highest BCUT2D eigenvalue weighted by Crippen LogP contribution is 2.04. The van der Waals surface area contributed by atoms with E-state index >= 15 is 0 Å². The normalized spacial score (nSPS) is 7.50. The molecule has 1 N–H and O–H groups in total. The van der Waals surface area contributed by atoms with Crippen LogP contribution in [0, 0.1) is 11.3 Å². The monoisotopic (exact) mass is 158 g/mol. The van der Waals surface area contributed by atoms with Crippen molar-refractivity contribution in [2.75, 3.05) is 11.9 Å². The SMILES string of the molecule is Cl.N#CCNc1ccco1. The van der Waals surface area contributed by atoms with E-state index in [0.717, 1.165) is 0 Å². The summed E-state index contributed by atoms with van der Waals surface area (Å²) in [5.74, 6) is 0.636. The minimum Gasteiger partial charge on any atom is -0.449 e. The van der Waals surface area contributed by atoms with Crippen molar-refractivity contribution >= 4 is 18.3 Å². The number of nitriles is 1. The maximum absolute atomic E-state index is 8.11. The molecule has 0 aliphatic heterocycles. The Balaban J connectivity index is 0.000000810. The van der Waals surface area contributed by atoms with Crippen molar-refractivity contribution in [1.82, 2.24) is 0 Å². The summed E-state index contributed by atoms with van der Waals surface area (Å²) >= 11 is 0. The van der Waals surface area contributed by atoms with Crippen LogP contribution in [0.1, 0.15) is 0 Å². The molecule has 10 heavy (non-hydrogen) atoms. The summed E-state index contributed by atoms with van der Waals surface area (Å²) in [6.07, 6.45) is 1.56. The molecule has 0 aromatic carbocycles. The fourth-order valence-electron chi connectivity index (χ4n) is 0.506. The van der Waals surface area contributed by atoms with Gasteiger partial charge in [-0.05, 0) is 6.07 Å². The fraction of sp³-hybridized carbons (Fsp3) is 0.167. The highest BCUT2D eigenvalue weighted by Gasteiger charge is 1.88. The van der Waals surface area contributed by atoms with E-state index in [4.69, 9.17) is 9.68 Å². The van der Waals surface area contributed by atoms with E-state index in [1.165, 1.54) is 0 Å². The van der Waals surface area contributed by atoms with Crippen LogP contribution in [0.15, 0.2) is 22.8 Å². The summed E-state index contributed by atoms with van der Waals surface area (Å²) in [5.41, 5.74) is 0. The van der Waals surface area contributed by atoms with Crippen molar-refractivity contribution in [3.63, 3.8) is 0 Å². The smallest absolute Gasteiger partial charge is 0.193 e. The molecule has 0 radical (unpaired) electrons. The molecule has 0 saturated heterocycles. The van der Waals surface area contributed by atoms with Gasteiger partial charge in [0.1, 0.15) is 6.54 Å². The van der Waals surface area contributed by atoms with E-state index in [0.29, 0.717) is 5.88 Å². The first-order valence-corrected chi connectivity index (χ1v) is 2.58. The Bertz CT molecular complexity index is 202. The molecule has 0 spiro atoms. The van der Waals surface area contributed by atoms with E-state index in [1.54, 1.807) is 18.4 Å². The molecule has 0 aliphatic rings. The fourth-order valence-corrected chi connectivity index (χ4v) is 0.506. The second-order valence-electron chi connectivity index (χ2n) is 1.49. The van der Waals surface area contributed by atoms with Crippen LogP contribution in [-0.2, 0) is 0 Å². The van der Waals surface area contributed by atoms with Crippen molar-refractivity contribution in [3.05, 3.63) is 18.4 Å². The first-order valence-electron chi connectivity index (χ1n) is 2.58. The van der Waals surface area contributed by atoms with Crippen LogP contribution in [0.25, 0.3) is 0 Å². The average molecular weight is 159 g/mol. The lowest BCUT2D eigenvalue weighted by Crippen LogP contribution is -1.95. The summed E-state index contributed by atoms with van der Waals surface area (Å²) < 4.78 is 4.87. The molecular weight excluding hydrogens is 152 g/mol. The number of anilines is 1. The van der Waals surface area contributed by atoms with Gasteiger partial charge in [-0.3, -0.25) is 0 Å². The van der Waals surface area contributed by atoms with Gasteiger partial charge in [-0.25, -0.2) is 0 Å². The molecule has 4 heteroatoms. The number of rotatable bonds is 2. The molecule has 0 atom stereocenters. The molecule has 0 saturated carbocycles. The number of halogens is 1. The largest absolute Gasteiger partial charge is 0.449 e. The second kappa shape index (κ2) is 4.71. The van der Waals surface area contributed by atoms with Crippen molar-refractivity contribution < 1.29 is 4.42 Å². The first kappa shape index (κ1) is 8.86. The lowest BCUT2D eigenvalue weighted by atomic mass is 10.6. The van der Waals surface area contributed by atoms with Gasteiger partial charge in [-0.2, -0.15) is 5.26 Å². The van der Waals surface area contributed by atoms with Gasteiger partial charge in [0, 0.05) is 6.07 Å². The quantitative estimate of drug-likeness (QED) is 0.666. The van der Waals surface area contributed by atoms with Gasteiger partial charge in [-0.1, -0.05) is 0 Å². The number of hydrogen-bond acceptors (Lipinski definition) is 3. The van der Waals surface area contributed by atoms with Gasteiger partial charge in [0.05, 0.1) is 12.3 Å². The molecule has 0 unspecified atom stereocenters. The third kappa shape index (κ3) is 2.42. The summed E-state index contributed by atoms with van der Waals surface area (Å²) in [7, 11) is 0. The maximum Gasteiger partial charge on any atom is 0.193 e. The van der Waals surface area contributed by atoms with Gasteiger partial charge in [-0.15, -0.1) is 12.4 Å². The van der Waals surface area contributed by atoms with E-state index in [1.807, 2.05) is 6.07 Å². The van der Waals surface area contributed by atoms with Gasteiger partial charge >= 0.3 is 0 Å². The third-order valence-electron chi connectivity index (χ3n) is 0.863. The van der Waals surface area contributed by atoms with Crippen molar-refractivity contribution in [1.29, 1.82) is 5.26 Å². The lowest BCUT2D eigenvalue weighted by Gasteiger charge is -1.90. The van der Waals surface area contributed by atoms with Crippen LogP contribution in [0.2, 0.25) is 0 Å². The van der Waals surface area contributed by atoms with Gasteiger partial charge in [0.15, 0.2) is 5.88 Å². The maximum atomic E-state index is 8.11. The first-order chi connectivity index (χ1) is 4.43. The Morgan fingerprint density at radius 3 is 3.00 bits per heavy atom. The molecule has 0 amide bonds. The Morgan fingerprint density at radius 1 is 1.70 bits per heavy atom. The molecular formula is C6H7ClN2O. The average Bonchev–Trinajstić information content (AvgIpc) is 2.34. The molecule has 1 aromatic heterocycles. The molecule has 0 fully saturated rings. The molecule has 1 aromatic rings. The topological polar surface area (TPSA) is 49.0 Å². The van der Waals surface area contributed by atoms with Crippen molar-refractivity contribution in [2.24, 2.45) is 0 Å². The highest BCUT2D eigenvalue weighted by molar-refractivity contribution is 5.85. The minimum absolute atomic E-state index is 0. The number of nitrogens with one attached hydrogen (secondary N) is 1. The molecule has 1 rings (SSSR count). The van der Waals surface area contributed by atoms with Crippen LogP contribution in [-0.4, -0.2) is 6.54 Å². The molecule has 0 bridgehead atoms. The van der Waals surface area contributed by atoms with Crippen molar-refractivity contribution in [3.8, 4) is 6.07 Å². The summed E-state index contributed by atoms with van der Waals surface area (Å²) in [6, 6.07) is 5.46. The van der Waals surface area contributed by atoms with Gasteiger partial charge in [0.25, 0.3) is 0 Å². The van der Waals surface area contributed by atoms with E-state index in [2.05, 4.69) is 5.32 Å². The summed E-state index contributed by atoms with van der Waals surface area (Å²) in [4.78, 5) is 0. The van der Waals surface area contributed by atoms with Crippen LogP contribution in [0.3, 0.4) is 0 Å². The van der Waals surface area contributed by atoms with Gasteiger partial charge in [0.2, 0.25) is 0 Å². The van der Waals surface area contributed by atoms with Crippen LogP contribution in [0.4, 0.5) is 5.88 Å². The lowest BCUT2D eigenvalue weighted by molar-refractivity contribution is 0.581. The zero-order valence-corrected chi connectivity index (χ0v) is 6.02. The van der Waals surface area contributed by atoms with Crippen LogP contribution in [0.5, 0.6) is 0 Å². The summed E-state index contributed by atoms with van der Waals surface area (Å²) in [6.45, 7) is 0.285. The molecule has 3 nitrogen and oxygen atoms in total. The van der Waals surface area contributed by atoms with Gasteiger partial charge < -0.3 is 9.73 Å². The predicted molar refractivity (Wildman–Crippen MR) is 40.1 cm³/mol. The highest BCUT2D eigenvalue weighted by atomic mass is 35.5. The number of nitrogens with zero attached hydrogens (tertiary/aromatic N) is 1. The Kier molecular flexibility index (Phi) is 4.17. The Morgan fingerprint density at radius 2 is 2.50 bits per heavy atom. The van der Waals surface area contributed by atoms with E-state index in [9.17, 15) is 0 Å². The molecule has 1 heterocycles. The van der Waals surface area contributed by atoms with E-state index in [-0.39, 0.29) is 19.0 Å². The zero-order valence-electron chi connectivity index (χ0n) is 5.20. The van der Waals surface area contributed by atoms with Crippen molar-refractivity contribution in [2.45, 2.75) is 0 Å².